The maximum absolute atomic E-state index is 4.58. The number of rotatable bonds is 9. The van der Waals surface area contributed by atoms with Crippen LogP contribution in [0, 0.1) is 64.9 Å². The molecule has 12 heterocycles. The Balaban J connectivity index is 0.000000154. The van der Waals surface area contributed by atoms with Gasteiger partial charge in [-0.25, -0.2) is 39.5 Å². The van der Waals surface area contributed by atoms with Gasteiger partial charge in [0.2, 0.25) is 0 Å². The number of hydrogen-bond acceptors (Lipinski definition) is 12. The van der Waals surface area contributed by atoms with Crippen molar-refractivity contribution >= 4 is 22.7 Å². The van der Waals surface area contributed by atoms with Gasteiger partial charge in [0, 0.05) is 173 Å². The number of thiophene rings is 1. The van der Waals surface area contributed by atoms with E-state index in [1.807, 2.05) is 160 Å². The Bertz CT molecular complexity index is 4120. The molecule has 15 rings (SSSR count). The van der Waals surface area contributed by atoms with Gasteiger partial charge in [-0.2, -0.15) is 20.7 Å². The van der Waals surface area contributed by atoms with Crippen molar-refractivity contribution in [3.05, 3.63) is 267 Å². The quantitative estimate of drug-likeness (QED) is 0.126. The van der Waals surface area contributed by atoms with Crippen molar-refractivity contribution < 1.29 is 60.3 Å². The van der Waals surface area contributed by atoms with Crippen molar-refractivity contribution in [2.24, 2.45) is 28.2 Å². The van der Waals surface area contributed by atoms with Crippen molar-refractivity contribution in [3.63, 3.8) is 0 Å². The summed E-state index contributed by atoms with van der Waals surface area (Å²) >= 11 is 3.14. The van der Waals surface area contributed by atoms with E-state index >= 15 is 0 Å². The first kappa shape index (κ1) is 67.6. The van der Waals surface area contributed by atoms with Crippen LogP contribution in [-0.4, -0.2) is 96.7 Å². The van der Waals surface area contributed by atoms with E-state index in [1.165, 1.54) is 50.3 Å². The molecule has 89 heavy (non-hydrogen) atoms. The molecule has 0 saturated heterocycles. The zero-order chi connectivity index (χ0) is 59.8. The predicted octanol–water partition coefficient (Wildman–Crippen LogP) is 11.3. The summed E-state index contributed by atoms with van der Waals surface area (Å²) < 4.78 is 18.1. The molecule has 0 atom stereocenters. The molecule has 25 heteroatoms. The molecule has 0 bridgehead atoms. The van der Waals surface area contributed by atoms with Crippen LogP contribution in [0.3, 0.4) is 0 Å². The molecule has 0 aliphatic heterocycles. The second-order valence-corrected chi connectivity index (χ2v) is 20.8. The van der Waals surface area contributed by atoms with Gasteiger partial charge in [0.1, 0.15) is 11.9 Å². The average Bonchev–Trinajstić information content (AvgIpc) is 2.28. The van der Waals surface area contributed by atoms with Gasteiger partial charge in [-0.05, 0) is 57.2 Å². The fraction of sp³-hybridized carbons (Fsp3) is 0.125. The maximum Gasteiger partial charge on any atom is 0.129 e. The summed E-state index contributed by atoms with van der Waals surface area (Å²) in [6.45, 7) is 8.48. The topological polar surface area (TPSA) is 178 Å². The summed E-state index contributed by atoms with van der Waals surface area (Å²) in [6.07, 6.45) is 42.6. The van der Waals surface area contributed by atoms with E-state index in [1.54, 1.807) is 90.0 Å². The molecule has 0 aliphatic rings. The van der Waals surface area contributed by atoms with Crippen LogP contribution in [-0.2, 0) is 88.5 Å². The van der Waals surface area contributed by atoms with Crippen LogP contribution in [0.5, 0.6) is 0 Å². The third kappa shape index (κ3) is 17.5. The minimum Gasteiger partial charge on any atom is -0.446 e. The third-order valence-corrected chi connectivity index (χ3v) is 14.4. The van der Waals surface area contributed by atoms with Gasteiger partial charge in [0.15, 0.2) is 0 Å². The van der Waals surface area contributed by atoms with Crippen LogP contribution in [0.15, 0.2) is 207 Å². The van der Waals surface area contributed by atoms with E-state index < -0.39 is 0 Å². The zero-order valence-electron chi connectivity index (χ0n) is 49.4. The summed E-state index contributed by atoms with van der Waals surface area (Å²) in [5.41, 5.74) is 14.3. The normalized spacial score (nSPS) is 10.2. The van der Waals surface area contributed by atoms with Crippen molar-refractivity contribution in [1.29, 1.82) is 0 Å². The number of hydrogen-bond donors (Lipinski definition) is 0. The Morgan fingerprint density at radius 3 is 1.70 bits per heavy atom. The minimum absolute atomic E-state index is 0. The van der Waals surface area contributed by atoms with Crippen LogP contribution in [0.4, 0.5) is 0 Å². The van der Waals surface area contributed by atoms with Crippen molar-refractivity contribution in [2.75, 3.05) is 0 Å². The van der Waals surface area contributed by atoms with Gasteiger partial charge in [-0.1, -0.05) is 142 Å². The second kappa shape index (κ2) is 32.9. The predicted molar refractivity (Wildman–Crippen MR) is 332 cm³/mol. The smallest absolute Gasteiger partial charge is 0.129 e. The van der Waals surface area contributed by atoms with E-state index in [4.69, 9.17) is 0 Å². The van der Waals surface area contributed by atoms with Gasteiger partial charge in [0.05, 0.1) is 12.1 Å². The Hall–Kier alpha value is -8.89. The number of aromatic nitrogens is 20. The average molecular weight is 1750 g/mol. The van der Waals surface area contributed by atoms with Crippen molar-refractivity contribution in [2.45, 2.75) is 27.7 Å². The first-order valence-electron chi connectivity index (χ1n) is 26.8. The minimum atomic E-state index is 0. The molecule has 3 radical (unpaired) electrons. The molecule has 459 valence electrons. The van der Waals surface area contributed by atoms with Gasteiger partial charge >= 0.3 is 0 Å². The summed E-state index contributed by atoms with van der Waals surface area (Å²) in [5.74, 6) is 2.46. The van der Waals surface area contributed by atoms with E-state index in [2.05, 4.69) is 158 Å². The summed E-state index contributed by atoms with van der Waals surface area (Å²) in [5, 5.41) is 24.6. The van der Waals surface area contributed by atoms with Crippen LogP contribution in [0.25, 0.3) is 67.0 Å². The molecule has 0 unspecified atom stereocenters. The Morgan fingerprint density at radius 2 is 1.16 bits per heavy atom. The largest absolute Gasteiger partial charge is 0.446 e. The first-order chi connectivity index (χ1) is 42.0. The Kier molecular flexibility index (Phi) is 25.0. The van der Waals surface area contributed by atoms with Gasteiger partial charge in [-0.3, -0.25) is 34.5 Å². The molecule has 15 aromatic rings. The van der Waals surface area contributed by atoms with Gasteiger partial charge < -0.3 is 42.2 Å². The number of aryl methyl sites for hydroxylation is 8. The number of benzene rings is 3. The second-order valence-electron chi connectivity index (χ2n) is 19.1. The van der Waals surface area contributed by atoms with E-state index in [0.29, 0.717) is 0 Å². The molecule has 3 aromatic carbocycles. The number of thiazole rings is 1. The van der Waals surface area contributed by atoms with Crippen LogP contribution < -0.4 is 0 Å². The van der Waals surface area contributed by atoms with E-state index in [0.717, 1.165) is 50.4 Å². The van der Waals surface area contributed by atoms with Crippen molar-refractivity contribution in [1.82, 2.24) is 96.7 Å². The fourth-order valence-electron chi connectivity index (χ4n) is 8.83. The van der Waals surface area contributed by atoms with Gasteiger partial charge in [-0.15, -0.1) is 36.3 Å². The molecule has 0 amide bonds. The van der Waals surface area contributed by atoms with Crippen LogP contribution in [0.1, 0.15) is 22.3 Å². The molecular weight excluding hydrogens is 1690 g/mol. The molecule has 0 fully saturated rings. The zero-order valence-corrected chi connectivity index (χ0v) is 58.2. The SMILES string of the molecule is Cc1cccc(C)c1-c1c[c-]n(-c2nccn2C)c1.Cc1cccc(C)c1-c1c[c-]n(-c2nccn2C)n1.Cn1[c-]c(-n2cccn2)cn1.Cn1cnc(-n2[c-]ncc2-c2ccccc2)c1.[Ir].[Ir].[Ir].[c-]1ccsc1-n1cccn1.[c-]1ncsc1-n1cccn1. The molecule has 0 N–H and O–H groups in total. The number of imidazole rings is 4. The number of nitrogens with zero attached hydrogens (tertiary/aromatic N) is 20. The first-order valence-corrected chi connectivity index (χ1v) is 28.6. The molecule has 0 saturated carbocycles. The monoisotopic (exact) mass is 1750 g/mol. The molecule has 0 aliphatic carbocycles. The van der Waals surface area contributed by atoms with Crippen LogP contribution >= 0.6 is 22.7 Å². The summed E-state index contributed by atoms with van der Waals surface area (Å²) in [6, 6.07) is 37.2. The van der Waals surface area contributed by atoms with E-state index in [9.17, 15) is 0 Å². The molecule has 12 aromatic heterocycles. The molecule has 20 nitrogen and oxygen atoms in total. The molecule has 0 spiro atoms. The summed E-state index contributed by atoms with van der Waals surface area (Å²) in [4.78, 5) is 20.8. The third-order valence-electron chi connectivity index (χ3n) is 12.9. The standard InChI is InChI=1S/C16H16N3.C15H15N4.C13H11N4.C7H7N4.C7H5N2S.C6H4N3S.3Ir/c1-12-5-4-6-13(2)15(12)14-7-9-19(11-14)16-17-8-10-18(16)3;1-11-5-4-6-12(2)14(11)13-7-9-19(17-13)15-16-8-10-18(15)3;1-16-8-13(15-10-16)17-9-14-7-12(17)11-5-3-2-4-6-11;1-10-6-7(5-9-10)11-4-2-3-8-11;1-3-7(10-6-1)9-5-2-4-8-9;1-2-8-9(3-1)6-4-7-5-10-6;;;/h4-8,10-11H,1-3H3;4-8,10H,1-3H3;2-8,10H,1H3;2-5H,1H3;1-2,4-6H;1-3,5H;;;/q6*-1;;;. The summed E-state index contributed by atoms with van der Waals surface area (Å²) in [7, 11) is 7.69. The Morgan fingerprint density at radius 1 is 0.528 bits per heavy atom. The maximum atomic E-state index is 4.58. The van der Waals surface area contributed by atoms with Gasteiger partial charge in [0.25, 0.3) is 0 Å². The fourth-order valence-corrected chi connectivity index (χ4v) is 9.97. The van der Waals surface area contributed by atoms with Crippen molar-refractivity contribution in [3.8, 4) is 67.0 Å². The van der Waals surface area contributed by atoms with Crippen LogP contribution in [0.2, 0.25) is 0 Å². The Labute approximate surface area is 564 Å². The van der Waals surface area contributed by atoms with E-state index in [-0.39, 0.29) is 60.3 Å². The molecular formula is C64H58Ir3N20S2-6.